The summed E-state index contributed by atoms with van der Waals surface area (Å²) in [5, 5.41) is 0.608. The molecule has 0 saturated carbocycles. The number of thioether (sulfide) groups is 1. The lowest BCUT2D eigenvalue weighted by Crippen LogP contribution is -2.48. The number of hydrogen-bond acceptors (Lipinski definition) is 5. The molecule has 1 saturated heterocycles. The van der Waals surface area contributed by atoms with Gasteiger partial charge in [0.25, 0.3) is 5.56 Å². The van der Waals surface area contributed by atoms with Gasteiger partial charge in [0, 0.05) is 51.5 Å². The Bertz CT molecular complexity index is 844. The van der Waals surface area contributed by atoms with Gasteiger partial charge in [-0.05, 0) is 19.4 Å². The predicted molar refractivity (Wildman–Crippen MR) is 108 cm³/mol. The highest BCUT2D eigenvalue weighted by Gasteiger charge is 2.21. The maximum absolute atomic E-state index is 12.5. The van der Waals surface area contributed by atoms with Gasteiger partial charge in [0.1, 0.15) is 0 Å². The number of rotatable bonds is 6. The van der Waals surface area contributed by atoms with Crippen LogP contribution in [0.3, 0.4) is 0 Å². The summed E-state index contributed by atoms with van der Waals surface area (Å²) in [7, 11) is 0. The smallest absolute Gasteiger partial charge is 0.273 e. The molecule has 0 unspecified atom stereocenters. The van der Waals surface area contributed by atoms with Crippen molar-refractivity contribution in [2.75, 3.05) is 31.9 Å². The maximum Gasteiger partial charge on any atom is 0.273 e. The highest BCUT2D eigenvalue weighted by Crippen LogP contribution is 2.16. The Morgan fingerprint density at radius 3 is 2.67 bits per heavy atom. The molecule has 0 spiro atoms. The van der Waals surface area contributed by atoms with E-state index in [9.17, 15) is 9.59 Å². The first kappa shape index (κ1) is 19.6. The molecule has 6 nitrogen and oxygen atoms in total. The van der Waals surface area contributed by atoms with Crippen molar-refractivity contribution in [1.29, 1.82) is 0 Å². The standard InChI is InChI=1S/C20H26N4O2S/c1-3-23-8-7-18(25)21-20(23)27-15-19(26)24-11-9-22(10-12-24)14-17-6-4-5-16(2)13-17/h4-8,13H,3,9-12,14-15H2,1-2H3. The van der Waals surface area contributed by atoms with E-state index >= 15 is 0 Å². The van der Waals surface area contributed by atoms with Crippen LogP contribution < -0.4 is 5.56 Å². The van der Waals surface area contributed by atoms with Gasteiger partial charge in [-0.25, -0.2) is 0 Å². The Morgan fingerprint density at radius 1 is 1.19 bits per heavy atom. The topological polar surface area (TPSA) is 58.4 Å². The normalized spacial score (nSPS) is 15.1. The molecular weight excluding hydrogens is 360 g/mol. The molecule has 0 atom stereocenters. The molecule has 0 aliphatic carbocycles. The fourth-order valence-corrected chi connectivity index (χ4v) is 4.16. The van der Waals surface area contributed by atoms with Crippen LogP contribution in [-0.2, 0) is 17.9 Å². The number of amides is 1. The van der Waals surface area contributed by atoms with E-state index in [0.717, 1.165) is 39.3 Å². The Morgan fingerprint density at radius 2 is 1.96 bits per heavy atom. The summed E-state index contributed by atoms with van der Waals surface area (Å²) in [6, 6.07) is 10.0. The fraction of sp³-hybridized carbons (Fsp3) is 0.450. The lowest BCUT2D eigenvalue weighted by Gasteiger charge is -2.34. The SMILES string of the molecule is CCn1ccc(=O)nc1SCC(=O)N1CCN(Cc2cccc(C)c2)CC1. The second kappa shape index (κ2) is 9.19. The van der Waals surface area contributed by atoms with Crippen LogP contribution >= 0.6 is 11.8 Å². The van der Waals surface area contributed by atoms with Crippen molar-refractivity contribution in [2.24, 2.45) is 0 Å². The van der Waals surface area contributed by atoms with E-state index in [2.05, 4.69) is 41.1 Å². The van der Waals surface area contributed by atoms with Gasteiger partial charge in [-0.2, -0.15) is 4.98 Å². The number of carbonyl (C=O) groups is 1. The largest absolute Gasteiger partial charge is 0.339 e. The average molecular weight is 387 g/mol. The number of piperazine rings is 1. The van der Waals surface area contributed by atoms with Gasteiger partial charge in [0.2, 0.25) is 5.91 Å². The van der Waals surface area contributed by atoms with Crippen LogP contribution in [-0.4, -0.2) is 57.2 Å². The van der Waals surface area contributed by atoms with Crippen LogP contribution in [0, 0.1) is 6.92 Å². The second-order valence-electron chi connectivity index (χ2n) is 6.77. The third kappa shape index (κ3) is 5.43. The minimum absolute atomic E-state index is 0.107. The lowest BCUT2D eigenvalue weighted by molar-refractivity contribution is -0.130. The fourth-order valence-electron chi connectivity index (χ4n) is 3.21. The first-order chi connectivity index (χ1) is 13.0. The Hall–Kier alpha value is -2.12. The molecule has 0 radical (unpaired) electrons. The molecule has 0 N–H and O–H groups in total. The van der Waals surface area contributed by atoms with Crippen LogP contribution in [0.15, 0.2) is 46.5 Å². The first-order valence-electron chi connectivity index (χ1n) is 9.31. The van der Waals surface area contributed by atoms with Gasteiger partial charge in [-0.1, -0.05) is 41.6 Å². The summed E-state index contributed by atoms with van der Waals surface area (Å²) >= 11 is 1.34. The molecule has 0 bridgehead atoms. The van der Waals surface area contributed by atoms with E-state index in [1.165, 1.54) is 29.0 Å². The molecule has 144 valence electrons. The summed E-state index contributed by atoms with van der Waals surface area (Å²) in [5.74, 6) is 0.421. The van der Waals surface area contributed by atoms with Crippen LogP contribution in [0.2, 0.25) is 0 Å². The maximum atomic E-state index is 12.5. The molecule has 1 aromatic carbocycles. The summed E-state index contributed by atoms with van der Waals surface area (Å²) in [6.07, 6.45) is 1.73. The Balaban J connectivity index is 1.49. The molecule has 1 aromatic heterocycles. The zero-order valence-electron chi connectivity index (χ0n) is 15.9. The van der Waals surface area contributed by atoms with Crippen LogP contribution in [0.25, 0.3) is 0 Å². The monoisotopic (exact) mass is 386 g/mol. The highest BCUT2D eigenvalue weighted by molar-refractivity contribution is 7.99. The van der Waals surface area contributed by atoms with Crippen LogP contribution in [0.4, 0.5) is 0 Å². The molecule has 2 heterocycles. The highest BCUT2D eigenvalue weighted by atomic mass is 32.2. The van der Waals surface area contributed by atoms with Gasteiger partial charge < -0.3 is 9.47 Å². The molecule has 2 aromatic rings. The van der Waals surface area contributed by atoms with E-state index in [-0.39, 0.29) is 11.5 Å². The van der Waals surface area contributed by atoms with E-state index in [0.29, 0.717) is 10.9 Å². The van der Waals surface area contributed by atoms with Gasteiger partial charge in [-0.3, -0.25) is 14.5 Å². The molecule has 1 amide bonds. The van der Waals surface area contributed by atoms with E-state index < -0.39 is 0 Å². The Labute approximate surface area is 164 Å². The Kier molecular flexibility index (Phi) is 6.68. The number of nitrogens with zero attached hydrogens (tertiary/aromatic N) is 4. The van der Waals surface area contributed by atoms with Gasteiger partial charge in [0.05, 0.1) is 5.75 Å². The van der Waals surface area contributed by atoms with E-state index in [4.69, 9.17) is 0 Å². The minimum atomic E-state index is -0.264. The summed E-state index contributed by atoms with van der Waals surface area (Å²) < 4.78 is 1.89. The molecule has 1 fully saturated rings. The van der Waals surface area contributed by atoms with Gasteiger partial charge in [-0.15, -0.1) is 0 Å². The predicted octanol–water partition coefficient (Wildman–Crippen LogP) is 2.01. The molecule has 1 aliphatic heterocycles. The van der Waals surface area contributed by atoms with Crippen LogP contribution in [0.1, 0.15) is 18.1 Å². The molecule has 7 heteroatoms. The molecule has 3 rings (SSSR count). The average Bonchev–Trinajstić information content (AvgIpc) is 2.67. The third-order valence-corrected chi connectivity index (χ3v) is 5.70. The number of aromatic nitrogens is 2. The van der Waals surface area contributed by atoms with Crippen molar-refractivity contribution >= 4 is 17.7 Å². The third-order valence-electron chi connectivity index (χ3n) is 4.73. The molecule has 27 heavy (non-hydrogen) atoms. The van der Waals surface area contributed by atoms with Crippen LogP contribution in [0.5, 0.6) is 0 Å². The van der Waals surface area contributed by atoms with Crippen molar-refractivity contribution in [3.63, 3.8) is 0 Å². The van der Waals surface area contributed by atoms with E-state index in [1.807, 2.05) is 16.4 Å². The molecule has 1 aliphatic rings. The molecular formula is C20H26N4O2S. The van der Waals surface area contributed by atoms with Crippen molar-refractivity contribution in [1.82, 2.24) is 19.4 Å². The van der Waals surface area contributed by atoms with Crippen molar-refractivity contribution in [3.8, 4) is 0 Å². The summed E-state index contributed by atoms with van der Waals surface area (Å²) in [5.41, 5.74) is 2.33. The number of hydrogen-bond donors (Lipinski definition) is 0. The number of carbonyl (C=O) groups excluding carboxylic acids is 1. The summed E-state index contributed by atoms with van der Waals surface area (Å²) in [4.78, 5) is 32.3. The quantitative estimate of drug-likeness (QED) is 0.561. The second-order valence-corrected chi connectivity index (χ2v) is 7.71. The van der Waals surface area contributed by atoms with Gasteiger partial charge in [0.15, 0.2) is 5.16 Å². The first-order valence-corrected chi connectivity index (χ1v) is 10.3. The van der Waals surface area contributed by atoms with Gasteiger partial charge >= 0.3 is 0 Å². The van der Waals surface area contributed by atoms with Crippen molar-refractivity contribution in [3.05, 3.63) is 58.0 Å². The van der Waals surface area contributed by atoms with Crippen molar-refractivity contribution < 1.29 is 4.79 Å². The minimum Gasteiger partial charge on any atom is -0.339 e. The van der Waals surface area contributed by atoms with E-state index in [1.54, 1.807) is 6.20 Å². The van der Waals surface area contributed by atoms with Crippen molar-refractivity contribution in [2.45, 2.75) is 32.1 Å². The summed E-state index contributed by atoms with van der Waals surface area (Å²) in [6.45, 7) is 9.00. The lowest BCUT2D eigenvalue weighted by atomic mass is 10.1. The zero-order chi connectivity index (χ0) is 19.2. The number of aryl methyl sites for hydroxylation is 2. The zero-order valence-corrected chi connectivity index (χ0v) is 16.7. The number of benzene rings is 1.